The number of hydrogen-bond acceptors (Lipinski definition) is 9. The van der Waals surface area contributed by atoms with Crippen molar-refractivity contribution in [1.82, 2.24) is 43.5 Å². The Labute approximate surface area is 437 Å². The minimum atomic E-state index is -1.20. The lowest BCUT2D eigenvalue weighted by Crippen LogP contribution is -2.41. The van der Waals surface area contributed by atoms with Gasteiger partial charge in [0.25, 0.3) is 28.8 Å². The van der Waals surface area contributed by atoms with E-state index in [-0.39, 0.29) is 69.8 Å². The molecule has 73 heavy (non-hydrogen) atoms. The number of carboxylic acid groups (broad SMARTS) is 1. The first-order valence-electron chi connectivity index (χ1n) is 23.0. The number of nitrogens with one attached hydrogen (secondary N) is 1. The predicted octanol–water partition coefficient (Wildman–Crippen LogP) is 8.17. The number of rotatable bonds is 7. The van der Waals surface area contributed by atoms with E-state index in [4.69, 9.17) is 52.1 Å². The van der Waals surface area contributed by atoms with Crippen LogP contribution < -0.4 is 22.2 Å². The van der Waals surface area contributed by atoms with Crippen molar-refractivity contribution in [3.63, 3.8) is 0 Å². The molecule has 17 nitrogen and oxygen atoms in total. The fourth-order valence-corrected chi connectivity index (χ4v) is 9.17. The van der Waals surface area contributed by atoms with Crippen molar-refractivity contribution in [3.8, 4) is 11.4 Å². The van der Waals surface area contributed by atoms with Gasteiger partial charge in [0.2, 0.25) is 0 Å². The standard InChI is InChI=1S/C26H23Cl2N5O3.C23H16Cl2N4O4.C3H9N/c1-15(2)30-23(34)19-13-29-33-22-14-31(25(35)16-8-9-20(27)21(28)12-16)11-10-18(22)26(36)32(24(19)33)17-6-4-3-5-7-17;24-17-7-6-13(10-18(17)25)21(30)27-9-8-15-19(12-27)29-20(16(11-26-29)23(32)33)28(22(15)31)14-4-2-1-3-5-14;1-3(2)4/h3-9,12-13,15H,10-11,14H2,1-2H3,(H,30,34);1-7,10-11H,8-9,12H2,(H,32,33);3H,4H2,1-2H3. The summed E-state index contributed by atoms with van der Waals surface area (Å²) >= 11 is 24.2. The molecule has 2 aliphatic rings. The largest absolute Gasteiger partial charge is 0.477 e. The van der Waals surface area contributed by atoms with E-state index in [1.165, 1.54) is 38.2 Å². The molecule has 0 atom stereocenters. The second-order valence-corrected chi connectivity index (χ2v) is 19.4. The van der Waals surface area contributed by atoms with Crippen molar-refractivity contribution in [2.24, 2.45) is 5.73 Å². The minimum Gasteiger partial charge on any atom is -0.477 e. The van der Waals surface area contributed by atoms with Crippen LogP contribution in [0.25, 0.3) is 22.7 Å². The fraction of sp³-hybridized carbons (Fsp3) is 0.231. The average Bonchev–Trinajstić information content (AvgIpc) is 4.02. The van der Waals surface area contributed by atoms with E-state index in [9.17, 15) is 33.9 Å². The number of aromatic nitrogens is 6. The number of carboxylic acids is 1. The molecule has 21 heteroatoms. The van der Waals surface area contributed by atoms with Crippen LogP contribution in [-0.4, -0.2) is 92.1 Å². The molecule has 4 aromatic carbocycles. The van der Waals surface area contributed by atoms with Crippen LogP contribution in [0.15, 0.2) is 119 Å². The third kappa shape index (κ3) is 10.6. The molecule has 0 saturated heterocycles. The van der Waals surface area contributed by atoms with E-state index in [2.05, 4.69) is 15.5 Å². The molecule has 0 saturated carbocycles. The Kier molecular flexibility index (Phi) is 15.6. The van der Waals surface area contributed by atoms with Crippen LogP contribution in [-0.2, 0) is 25.9 Å². The van der Waals surface area contributed by atoms with Gasteiger partial charge in [0.15, 0.2) is 11.3 Å². The van der Waals surface area contributed by atoms with Gasteiger partial charge in [0.05, 0.1) is 68.3 Å². The molecule has 0 radical (unpaired) electrons. The molecule has 10 rings (SSSR count). The van der Waals surface area contributed by atoms with E-state index in [1.54, 1.807) is 62.8 Å². The highest BCUT2D eigenvalue weighted by molar-refractivity contribution is 6.42. The molecule has 0 spiro atoms. The lowest BCUT2D eigenvalue weighted by molar-refractivity contribution is 0.0694. The monoisotopic (exact) mass is 1060 g/mol. The van der Waals surface area contributed by atoms with Gasteiger partial charge in [0, 0.05) is 41.4 Å². The lowest BCUT2D eigenvalue weighted by Gasteiger charge is -2.29. The van der Waals surface area contributed by atoms with Gasteiger partial charge in [-0.3, -0.25) is 33.1 Å². The van der Waals surface area contributed by atoms with E-state index in [0.29, 0.717) is 97.7 Å². The predicted molar refractivity (Wildman–Crippen MR) is 280 cm³/mol. The van der Waals surface area contributed by atoms with Crippen molar-refractivity contribution in [2.45, 2.75) is 65.7 Å². The van der Waals surface area contributed by atoms with Crippen molar-refractivity contribution >= 4 is 81.4 Å². The smallest absolute Gasteiger partial charge is 0.341 e. The molecular weight excluding hydrogens is 1020 g/mol. The number of halogens is 4. The Hall–Kier alpha value is -7.28. The van der Waals surface area contributed by atoms with Crippen LogP contribution in [0.2, 0.25) is 20.1 Å². The summed E-state index contributed by atoms with van der Waals surface area (Å²) in [5.41, 5.74) is 9.26. The van der Waals surface area contributed by atoms with Crippen LogP contribution >= 0.6 is 46.4 Å². The lowest BCUT2D eigenvalue weighted by atomic mass is 10.0. The van der Waals surface area contributed by atoms with Crippen molar-refractivity contribution in [1.29, 1.82) is 0 Å². The Morgan fingerprint density at radius 1 is 0.603 bits per heavy atom. The molecule has 6 heterocycles. The van der Waals surface area contributed by atoms with Crippen LogP contribution in [0.4, 0.5) is 0 Å². The highest BCUT2D eigenvalue weighted by atomic mass is 35.5. The van der Waals surface area contributed by atoms with Crippen LogP contribution in [0.1, 0.15) is 91.6 Å². The van der Waals surface area contributed by atoms with Crippen molar-refractivity contribution in [2.75, 3.05) is 13.1 Å². The molecule has 0 unspecified atom stereocenters. The molecule has 4 N–H and O–H groups in total. The van der Waals surface area contributed by atoms with Gasteiger partial charge in [-0.15, -0.1) is 0 Å². The number of hydrogen-bond donors (Lipinski definition) is 3. The van der Waals surface area contributed by atoms with Gasteiger partial charge in [-0.05, 0) is 93.4 Å². The topological polar surface area (TPSA) is 212 Å². The molecule has 0 bridgehead atoms. The van der Waals surface area contributed by atoms with E-state index < -0.39 is 5.97 Å². The summed E-state index contributed by atoms with van der Waals surface area (Å²) in [6, 6.07) is 27.6. The summed E-state index contributed by atoms with van der Waals surface area (Å²) in [5.74, 6) is -2.04. The zero-order chi connectivity index (χ0) is 52.4. The summed E-state index contributed by atoms with van der Waals surface area (Å²) in [4.78, 5) is 81.9. The summed E-state index contributed by atoms with van der Waals surface area (Å²) in [6.45, 7) is 8.53. The number of aromatic carboxylic acids is 1. The minimum absolute atomic E-state index is 0.0938. The number of nitrogens with zero attached hydrogens (tertiary/aromatic N) is 8. The maximum Gasteiger partial charge on any atom is 0.341 e. The van der Waals surface area contributed by atoms with Gasteiger partial charge < -0.3 is 26.0 Å². The Morgan fingerprint density at radius 3 is 1.38 bits per heavy atom. The molecule has 4 aromatic heterocycles. The zero-order valence-corrected chi connectivity index (χ0v) is 42.9. The fourth-order valence-electron chi connectivity index (χ4n) is 8.57. The molecule has 376 valence electrons. The molecule has 3 amide bonds. The molecule has 2 aliphatic heterocycles. The second-order valence-electron chi connectivity index (χ2n) is 17.8. The highest BCUT2D eigenvalue weighted by Crippen LogP contribution is 2.29. The number of benzene rings is 4. The first kappa shape index (κ1) is 52.1. The van der Waals surface area contributed by atoms with E-state index in [1.807, 2.05) is 64.1 Å². The highest BCUT2D eigenvalue weighted by Gasteiger charge is 2.32. The summed E-state index contributed by atoms with van der Waals surface area (Å²) in [7, 11) is 0. The Morgan fingerprint density at radius 2 is 1.00 bits per heavy atom. The molecule has 8 aromatic rings. The van der Waals surface area contributed by atoms with Crippen molar-refractivity contribution in [3.05, 3.63) is 195 Å². The van der Waals surface area contributed by atoms with Crippen LogP contribution in [0.5, 0.6) is 0 Å². The molecule has 0 aliphatic carbocycles. The summed E-state index contributed by atoms with van der Waals surface area (Å²) in [6.07, 6.45) is 3.33. The number of fused-ring (bicyclic) bond motifs is 6. The first-order valence-corrected chi connectivity index (χ1v) is 24.6. The maximum absolute atomic E-state index is 13.8. The van der Waals surface area contributed by atoms with Crippen LogP contribution in [0.3, 0.4) is 0 Å². The maximum atomic E-state index is 13.8. The zero-order valence-electron chi connectivity index (χ0n) is 39.9. The SMILES string of the molecule is CC(C)N.CC(C)NC(=O)c1cnn2c3c(c(=O)n(-c4ccccc4)c12)CCN(C(=O)c1ccc(Cl)c(Cl)c1)C3.O=C(O)c1cnn2c3c(c(=O)n(-c4ccccc4)c12)CCN(C(=O)c1ccc(Cl)c(Cl)c1)C3. The van der Waals surface area contributed by atoms with Gasteiger partial charge in [-0.25, -0.2) is 13.8 Å². The van der Waals surface area contributed by atoms with Crippen molar-refractivity contribution < 1.29 is 24.3 Å². The number of carbonyl (C=O) groups is 4. The number of para-hydroxylation sites is 2. The van der Waals surface area contributed by atoms with Gasteiger partial charge in [0.1, 0.15) is 11.1 Å². The normalized spacial score (nSPS) is 13.0. The number of nitrogens with two attached hydrogens (primary N) is 1. The summed E-state index contributed by atoms with van der Waals surface area (Å²) in [5, 5.41) is 22.6. The van der Waals surface area contributed by atoms with Gasteiger partial charge in [-0.2, -0.15) is 10.2 Å². The average molecular weight is 1070 g/mol. The van der Waals surface area contributed by atoms with Crippen LogP contribution in [0, 0.1) is 0 Å². The quantitative estimate of drug-likeness (QED) is 0.139. The second kappa shape index (κ2) is 21.8. The van der Waals surface area contributed by atoms with E-state index in [0.717, 1.165) is 0 Å². The first-order chi connectivity index (χ1) is 34.9. The number of carbonyl (C=O) groups excluding carboxylic acids is 3. The van der Waals surface area contributed by atoms with Gasteiger partial charge >= 0.3 is 5.97 Å². The molecular formula is C52H48Cl4N10O7. The Bertz CT molecular complexity index is 3570. The van der Waals surface area contributed by atoms with E-state index >= 15 is 0 Å². The number of amides is 3. The summed E-state index contributed by atoms with van der Waals surface area (Å²) < 4.78 is 5.94. The third-order valence-corrected chi connectivity index (χ3v) is 13.3. The third-order valence-electron chi connectivity index (χ3n) is 11.8. The Balaban J connectivity index is 0.000000182. The molecule has 0 fully saturated rings. The van der Waals surface area contributed by atoms with Gasteiger partial charge in [-0.1, -0.05) is 96.6 Å².